The predicted molar refractivity (Wildman–Crippen MR) is 114 cm³/mol. The molecular weight excluding hydrogens is 316 g/mol. The first-order valence-corrected chi connectivity index (χ1v) is 8.80. The summed E-state index contributed by atoms with van der Waals surface area (Å²) in [6.07, 6.45) is 5.63. The Labute approximate surface area is 155 Å². The van der Waals surface area contributed by atoms with Crippen LogP contribution < -0.4 is 10.6 Å². The zero-order valence-corrected chi connectivity index (χ0v) is 14.9. The lowest BCUT2D eigenvalue weighted by Crippen LogP contribution is -1.93. The number of nitrogens with one attached hydrogen (secondary N) is 2. The smallest absolute Gasteiger partial charge is 0.0385 e. The van der Waals surface area contributed by atoms with E-state index in [-0.39, 0.29) is 0 Å². The predicted octanol–water partition coefficient (Wildman–Crippen LogP) is 6.63. The summed E-state index contributed by atoms with van der Waals surface area (Å²) in [7, 11) is 0. The molecule has 3 aromatic rings. The van der Waals surface area contributed by atoms with Crippen LogP contribution in [0.5, 0.6) is 0 Å². The van der Waals surface area contributed by atoms with E-state index in [1.165, 1.54) is 11.1 Å². The molecule has 0 atom stereocenters. The fourth-order valence-electron chi connectivity index (χ4n) is 2.75. The van der Waals surface area contributed by atoms with Crippen LogP contribution in [0.1, 0.15) is 11.1 Å². The zero-order chi connectivity index (χ0) is 18.2. The van der Waals surface area contributed by atoms with Crippen LogP contribution in [0.25, 0.3) is 0 Å². The maximum atomic E-state index is 3.77. The van der Waals surface area contributed by atoms with Gasteiger partial charge in [-0.15, -0.1) is 13.2 Å². The summed E-state index contributed by atoms with van der Waals surface area (Å²) < 4.78 is 0. The van der Waals surface area contributed by atoms with Crippen molar-refractivity contribution >= 4 is 22.7 Å². The number of hydrogen-bond acceptors (Lipinski definition) is 2. The first-order chi connectivity index (χ1) is 12.8. The Balaban J connectivity index is 1.60. The van der Waals surface area contributed by atoms with Crippen molar-refractivity contribution in [2.45, 2.75) is 12.8 Å². The van der Waals surface area contributed by atoms with Crippen LogP contribution >= 0.6 is 0 Å². The van der Waals surface area contributed by atoms with Gasteiger partial charge in [-0.3, -0.25) is 0 Å². The van der Waals surface area contributed by atoms with Crippen molar-refractivity contribution in [2.75, 3.05) is 10.6 Å². The SMILES string of the molecule is C=CCc1ccc(Nc2ccc(Nc3ccc(CC=C)cc3)cc2)cc1. The molecule has 0 saturated heterocycles. The minimum absolute atomic E-state index is 0.898. The molecule has 0 spiro atoms. The minimum atomic E-state index is 0.898. The van der Waals surface area contributed by atoms with Crippen molar-refractivity contribution < 1.29 is 0 Å². The quantitative estimate of drug-likeness (QED) is 0.450. The van der Waals surface area contributed by atoms with Gasteiger partial charge in [0.25, 0.3) is 0 Å². The average molecular weight is 340 g/mol. The van der Waals surface area contributed by atoms with Gasteiger partial charge in [0.15, 0.2) is 0 Å². The molecule has 0 aromatic heterocycles. The maximum absolute atomic E-state index is 3.77. The van der Waals surface area contributed by atoms with Crippen LogP contribution in [0.4, 0.5) is 22.7 Å². The Kier molecular flexibility index (Phi) is 5.89. The van der Waals surface area contributed by atoms with Crippen LogP contribution in [-0.2, 0) is 12.8 Å². The van der Waals surface area contributed by atoms with Crippen LogP contribution in [0.15, 0.2) is 98.1 Å². The third-order valence-electron chi connectivity index (χ3n) is 4.13. The van der Waals surface area contributed by atoms with Crippen molar-refractivity contribution in [3.05, 3.63) is 109 Å². The summed E-state index contributed by atoms with van der Waals surface area (Å²) in [6.45, 7) is 7.54. The Morgan fingerprint density at radius 2 is 0.769 bits per heavy atom. The van der Waals surface area contributed by atoms with Gasteiger partial charge in [-0.25, -0.2) is 0 Å². The maximum Gasteiger partial charge on any atom is 0.0385 e. The second kappa shape index (κ2) is 8.72. The molecule has 0 unspecified atom stereocenters. The molecule has 2 heteroatoms. The van der Waals surface area contributed by atoms with Gasteiger partial charge in [-0.2, -0.15) is 0 Å². The Bertz CT molecular complexity index is 770. The molecule has 0 aliphatic carbocycles. The zero-order valence-electron chi connectivity index (χ0n) is 14.9. The van der Waals surface area contributed by atoms with Crippen LogP contribution in [0, 0.1) is 0 Å². The lowest BCUT2D eigenvalue weighted by atomic mass is 10.1. The van der Waals surface area contributed by atoms with Gasteiger partial charge in [-0.05, 0) is 72.5 Å². The molecule has 26 heavy (non-hydrogen) atoms. The second-order valence-electron chi connectivity index (χ2n) is 6.21. The monoisotopic (exact) mass is 340 g/mol. The molecule has 130 valence electrons. The molecular formula is C24H24N2. The van der Waals surface area contributed by atoms with Crippen molar-refractivity contribution in [3.63, 3.8) is 0 Å². The summed E-state index contributed by atoms with van der Waals surface area (Å²) in [5.74, 6) is 0. The number of anilines is 4. The Hall–Kier alpha value is -3.26. The van der Waals surface area contributed by atoms with E-state index in [0.717, 1.165) is 35.6 Å². The van der Waals surface area contributed by atoms with Gasteiger partial charge >= 0.3 is 0 Å². The Morgan fingerprint density at radius 1 is 0.500 bits per heavy atom. The molecule has 0 amide bonds. The van der Waals surface area contributed by atoms with E-state index in [9.17, 15) is 0 Å². The summed E-state index contributed by atoms with van der Waals surface area (Å²) in [6, 6.07) is 25.2. The second-order valence-corrected chi connectivity index (χ2v) is 6.21. The number of rotatable bonds is 8. The molecule has 0 fully saturated rings. The largest absolute Gasteiger partial charge is 0.356 e. The van der Waals surface area contributed by atoms with Gasteiger partial charge in [0.05, 0.1) is 0 Å². The summed E-state index contributed by atoms with van der Waals surface area (Å²) in [4.78, 5) is 0. The molecule has 3 rings (SSSR count). The summed E-state index contributed by atoms with van der Waals surface area (Å²) >= 11 is 0. The first-order valence-electron chi connectivity index (χ1n) is 8.80. The standard InChI is InChI=1S/C24H24N2/c1-3-5-19-7-11-21(12-8-19)25-23-15-17-24(18-16-23)26-22-13-9-20(6-4-2)10-14-22/h3-4,7-18,25-26H,1-2,5-6H2. The van der Waals surface area contributed by atoms with Crippen molar-refractivity contribution in [2.24, 2.45) is 0 Å². The molecule has 0 bridgehead atoms. The number of allylic oxidation sites excluding steroid dienone is 2. The number of hydrogen-bond donors (Lipinski definition) is 2. The summed E-state index contributed by atoms with van der Waals surface area (Å²) in [5.41, 5.74) is 6.82. The first kappa shape index (κ1) is 17.6. The molecule has 0 saturated carbocycles. The molecule has 3 aromatic carbocycles. The third-order valence-corrected chi connectivity index (χ3v) is 4.13. The Morgan fingerprint density at radius 3 is 1.04 bits per heavy atom. The van der Waals surface area contributed by atoms with E-state index in [4.69, 9.17) is 0 Å². The van der Waals surface area contributed by atoms with Gasteiger partial charge in [0.1, 0.15) is 0 Å². The molecule has 0 radical (unpaired) electrons. The normalized spacial score (nSPS) is 10.2. The molecule has 0 aliphatic rings. The topological polar surface area (TPSA) is 24.1 Å². The van der Waals surface area contributed by atoms with E-state index < -0.39 is 0 Å². The average Bonchev–Trinajstić information content (AvgIpc) is 2.67. The highest BCUT2D eigenvalue weighted by Crippen LogP contribution is 2.22. The van der Waals surface area contributed by atoms with Gasteiger partial charge < -0.3 is 10.6 Å². The fraction of sp³-hybridized carbons (Fsp3) is 0.0833. The highest BCUT2D eigenvalue weighted by Gasteiger charge is 1.98. The third kappa shape index (κ3) is 4.87. The number of benzene rings is 3. The molecule has 0 aliphatic heterocycles. The van der Waals surface area contributed by atoms with Crippen molar-refractivity contribution in [3.8, 4) is 0 Å². The molecule has 2 nitrogen and oxygen atoms in total. The van der Waals surface area contributed by atoms with Crippen LogP contribution in [0.2, 0.25) is 0 Å². The summed E-state index contributed by atoms with van der Waals surface area (Å²) in [5, 5.41) is 6.85. The van der Waals surface area contributed by atoms with Crippen LogP contribution in [0.3, 0.4) is 0 Å². The van der Waals surface area contributed by atoms with Gasteiger partial charge in [0, 0.05) is 22.7 Å². The lowest BCUT2D eigenvalue weighted by Gasteiger charge is -2.10. The highest BCUT2D eigenvalue weighted by molar-refractivity contribution is 5.66. The molecule has 2 N–H and O–H groups in total. The van der Waals surface area contributed by atoms with E-state index in [2.05, 4.69) is 96.6 Å². The lowest BCUT2D eigenvalue weighted by molar-refractivity contribution is 1.28. The molecule has 0 heterocycles. The highest BCUT2D eigenvalue weighted by atomic mass is 14.9. The van der Waals surface area contributed by atoms with Gasteiger partial charge in [0.2, 0.25) is 0 Å². The minimum Gasteiger partial charge on any atom is -0.356 e. The van der Waals surface area contributed by atoms with Crippen molar-refractivity contribution in [1.29, 1.82) is 0 Å². The fourth-order valence-corrected chi connectivity index (χ4v) is 2.75. The van der Waals surface area contributed by atoms with Crippen molar-refractivity contribution in [1.82, 2.24) is 0 Å². The van der Waals surface area contributed by atoms with E-state index >= 15 is 0 Å². The van der Waals surface area contributed by atoms with E-state index in [0.29, 0.717) is 0 Å². The van der Waals surface area contributed by atoms with E-state index in [1.54, 1.807) is 0 Å². The van der Waals surface area contributed by atoms with E-state index in [1.807, 2.05) is 12.2 Å². The van der Waals surface area contributed by atoms with Crippen LogP contribution in [-0.4, -0.2) is 0 Å². The van der Waals surface area contributed by atoms with Gasteiger partial charge in [-0.1, -0.05) is 36.4 Å².